The van der Waals surface area contributed by atoms with Gasteiger partial charge in [-0.25, -0.2) is 9.97 Å². The zero-order chi connectivity index (χ0) is 19.1. The molecule has 144 valence electrons. The van der Waals surface area contributed by atoms with Gasteiger partial charge in [-0.3, -0.25) is 14.8 Å². The second-order valence-electron chi connectivity index (χ2n) is 7.89. The minimum Gasteiger partial charge on any atom is -0.341 e. The highest BCUT2D eigenvalue weighted by molar-refractivity contribution is 5.83. The van der Waals surface area contributed by atoms with Crippen LogP contribution in [0.25, 0.3) is 11.2 Å². The molecule has 28 heavy (non-hydrogen) atoms. The lowest BCUT2D eigenvalue weighted by Gasteiger charge is -2.39. The fourth-order valence-corrected chi connectivity index (χ4v) is 4.61. The number of benzene rings is 1. The summed E-state index contributed by atoms with van der Waals surface area (Å²) in [6, 6.07) is 8.35. The van der Waals surface area contributed by atoms with Gasteiger partial charge in [-0.15, -0.1) is 0 Å². The second kappa shape index (κ2) is 6.98. The maximum Gasteiger partial charge on any atom is 0.240 e. The summed E-state index contributed by atoms with van der Waals surface area (Å²) >= 11 is 0. The summed E-state index contributed by atoms with van der Waals surface area (Å²) in [5.74, 6) is 0.456. The van der Waals surface area contributed by atoms with Crippen molar-refractivity contribution in [2.75, 3.05) is 20.1 Å². The molecule has 0 aliphatic carbocycles. The van der Waals surface area contributed by atoms with E-state index in [1.54, 1.807) is 12.4 Å². The first-order valence-electron chi connectivity index (χ1n) is 9.91. The topological polar surface area (TPSA) is 78.0 Å². The van der Waals surface area contributed by atoms with Gasteiger partial charge in [0.2, 0.25) is 5.91 Å². The Morgan fingerprint density at radius 2 is 2.00 bits per heavy atom. The third-order valence-corrected chi connectivity index (χ3v) is 6.13. The van der Waals surface area contributed by atoms with E-state index in [4.69, 9.17) is 0 Å². The van der Waals surface area contributed by atoms with Crippen LogP contribution in [0.4, 0.5) is 0 Å². The Bertz CT molecular complexity index is 1010. The first kappa shape index (κ1) is 17.3. The third kappa shape index (κ3) is 2.96. The molecule has 1 amide bonds. The first-order chi connectivity index (χ1) is 13.7. The molecule has 1 saturated heterocycles. The molecule has 1 fully saturated rings. The van der Waals surface area contributed by atoms with E-state index in [-0.39, 0.29) is 17.9 Å². The van der Waals surface area contributed by atoms with Crippen molar-refractivity contribution in [2.24, 2.45) is 0 Å². The molecule has 0 radical (unpaired) electrons. The normalized spacial score (nSPS) is 23.0. The molecule has 2 aliphatic rings. The monoisotopic (exact) mass is 376 g/mol. The molecule has 1 aromatic carbocycles. The number of carbonyl (C=O) groups is 1. The zero-order valence-corrected chi connectivity index (χ0v) is 16.0. The smallest absolute Gasteiger partial charge is 0.240 e. The highest BCUT2D eigenvalue weighted by atomic mass is 16.2. The van der Waals surface area contributed by atoms with Gasteiger partial charge in [0.25, 0.3) is 0 Å². The van der Waals surface area contributed by atoms with Crippen molar-refractivity contribution in [3.63, 3.8) is 0 Å². The minimum absolute atomic E-state index is 0.0908. The molecule has 7 nitrogen and oxygen atoms in total. The number of H-pyrrole nitrogens is 1. The van der Waals surface area contributed by atoms with Crippen molar-refractivity contribution in [1.29, 1.82) is 0 Å². The Hall–Kier alpha value is -2.80. The van der Waals surface area contributed by atoms with Crippen LogP contribution in [0.3, 0.4) is 0 Å². The van der Waals surface area contributed by atoms with Gasteiger partial charge in [-0.05, 0) is 37.4 Å². The van der Waals surface area contributed by atoms with E-state index < -0.39 is 0 Å². The number of aromatic amines is 1. The van der Waals surface area contributed by atoms with Crippen molar-refractivity contribution >= 4 is 17.1 Å². The predicted octanol–water partition coefficient (Wildman–Crippen LogP) is 2.12. The highest BCUT2D eigenvalue weighted by Crippen LogP contribution is 2.30. The van der Waals surface area contributed by atoms with Crippen LogP contribution in [0, 0.1) is 0 Å². The number of amides is 1. The summed E-state index contributed by atoms with van der Waals surface area (Å²) in [6.45, 7) is 2.35. The fraction of sp³-hybridized carbons (Fsp3) is 0.429. The molecule has 0 unspecified atom stereocenters. The number of likely N-dealkylation sites (tertiary alicyclic amines) is 1. The van der Waals surface area contributed by atoms with Gasteiger partial charge in [0, 0.05) is 37.9 Å². The third-order valence-electron chi connectivity index (χ3n) is 6.13. The molecule has 1 N–H and O–H groups in total. The first-order valence-corrected chi connectivity index (χ1v) is 9.91. The number of hydrogen-bond donors (Lipinski definition) is 1. The second-order valence-corrected chi connectivity index (χ2v) is 7.89. The van der Waals surface area contributed by atoms with Gasteiger partial charge < -0.3 is 4.90 Å². The van der Waals surface area contributed by atoms with E-state index in [0.29, 0.717) is 12.2 Å². The summed E-state index contributed by atoms with van der Waals surface area (Å²) in [7, 11) is 2.05. The van der Waals surface area contributed by atoms with E-state index in [1.807, 2.05) is 4.90 Å². The number of piperidine rings is 1. The Morgan fingerprint density at radius 1 is 1.18 bits per heavy atom. The number of nitrogens with one attached hydrogen (secondary N) is 1. The van der Waals surface area contributed by atoms with Gasteiger partial charge in [0.15, 0.2) is 5.65 Å². The maximum absolute atomic E-state index is 13.4. The standard InChI is InChI=1S/C21H24N6O/c1-26-12-15-6-3-2-5-14(15)11-17(26)21(28)27-10-4-7-16(13-27)18-19-20(25-24-18)23-9-8-22-19/h2-3,5-6,8-9,16-17H,4,7,10-13H2,1H3,(H,23,24,25)/t16-,17-/m0/s1. The predicted molar refractivity (Wildman–Crippen MR) is 106 cm³/mol. The molecular formula is C21H24N6O. The summed E-state index contributed by atoms with van der Waals surface area (Å²) < 4.78 is 0. The van der Waals surface area contributed by atoms with Gasteiger partial charge >= 0.3 is 0 Å². The molecule has 2 atom stereocenters. The molecule has 5 rings (SSSR count). The molecular weight excluding hydrogens is 352 g/mol. The average Bonchev–Trinajstić information content (AvgIpc) is 3.17. The number of fused-ring (bicyclic) bond motifs is 2. The zero-order valence-electron chi connectivity index (χ0n) is 16.0. The lowest BCUT2D eigenvalue weighted by molar-refractivity contribution is -0.138. The van der Waals surface area contributed by atoms with Gasteiger partial charge in [0.1, 0.15) is 5.52 Å². The molecule has 4 heterocycles. The van der Waals surface area contributed by atoms with E-state index in [1.165, 1.54) is 11.1 Å². The van der Waals surface area contributed by atoms with Crippen LogP contribution in [0.5, 0.6) is 0 Å². The van der Waals surface area contributed by atoms with Crippen LogP contribution >= 0.6 is 0 Å². The van der Waals surface area contributed by atoms with E-state index in [0.717, 1.165) is 43.6 Å². The number of aromatic nitrogens is 4. The van der Waals surface area contributed by atoms with E-state index in [2.05, 4.69) is 56.4 Å². The molecule has 3 aromatic rings. The van der Waals surface area contributed by atoms with Crippen LogP contribution in [0.2, 0.25) is 0 Å². The van der Waals surface area contributed by atoms with Crippen LogP contribution in [-0.4, -0.2) is 62.1 Å². The number of rotatable bonds is 2. The Labute approximate surface area is 163 Å². The number of carbonyl (C=O) groups excluding carboxylic acids is 1. The molecule has 0 spiro atoms. The molecule has 7 heteroatoms. The number of likely N-dealkylation sites (N-methyl/N-ethyl adjacent to an activating group) is 1. The minimum atomic E-state index is -0.0908. The largest absolute Gasteiger partial charge is 0.341 e. The van der Waals surface area contributed by atoms with Gasteiger partial charge in [-0.2, -0.15) is 5.10 Å². The SMILES string of the molecule is CN1Cc2ccccc2C[C@H]1C(=O)N1CCC[C@H](c2[nH]nc3nccnc23)C1. The van der Waals surface area contributed by atoms with Crippen LogP contribution in [0.15, 0.2) is 36.7 Å². The van der Waals surface area contributed by atoms with Crippen molar-refractivity contribution in [3.05, 3.63) is 53.5 Å². The molecule has 0 saturated carbocycles. The lowest BCUT2D eigenvalue weighted by atomic mass is 9.91. The summed E-state index contributed by atoms with van der Waals surface area (Å²) in [4.78, 5) is 26.3. The van der Waals surface area contributed by atoms with Crippen LogP contribution < -0.4 is 0 Å². The van der Waals surface area contributed by atoms with Crippen LogP contribution in [0.1, 0.15) is 35.6 Å². The Balaban J connectivity index is 1.36. The maximum atomic E-state index is 13.4. The van der Waals surface area contributed by atoms with Crippen molar-refractivity contribution < 1.29 is 4.79 Å². The van der Waals surface area contributed by atoms with E-state index in [9.17, 15) is 4.79 Å². The Kier molecular flexibility index (Phi) is 4.31. The quantitative estimate of drug-likeness (QED) is 0.741. The van der Waals surface area contributed by atoms with E-state index >= 15 is 0 Å². The van der Waals surface area contributed by atoms with Crippen molar-refractivity contribution in [1.82, 2.24) is 30.0 Å². The summed E-state index contributed by atoms with van der Waals surface area (Å²) in [5, 5.41) is 7.40. The number of hydrogen-bond acceptors (Lipinski definition) is 5. The summed E-state index contributed by atoms with van der Waals surface area (Å²) in [6.07, 6.45) is 6.15. The van der Waals surface area contributed by atoms with Crippen LogP contribution in [-0.2, 0) is 17.8 Å². The average molecular weight is 376 g/mol. The van der Waals surface area contributed by atoms with Crippen molar-refractivity contribution in [3.8, 4) is 0 Å². The number of nitrogens with zero attached hydrogens (tertiary/aromatic N) is 5. The highest BCUT2D eigenvalue weighted by Gasteiger charge is 2.35. The molecule has 2 aromatic heterocycles. The van der Waals surface area contributed by atoms with Crippen molar-refractivity contribution in [2.45, 2.75) is 37.8 Å². The molecule has 0 bridgehead atoms. The van der Waals surface area contributed by atoms with Gasteiger partial charge in [-0.1, -0.05) is 24.3 Å². The fourth-order valence-electron chi connectivity index (χ4n) is 4.61. The molecule has 2 aliphatic heterocycles. The lowest BCUT2D eigenvalue weighted by Crippen LogP contribution is -2.52. The Morgan fingerprint density at radius 3 is 2.89 bits per heavy atom. The summed E-state index contributed by atoms with van der Waals surface area (Å²) in [5.41, 5.74) is 5.09. The van der Waals surface area contributed by atoms with Gasteiger partial charge in [0.05, 0.1) is 11.7 Å².